The molecule has 1 N–H and O–H groups in total. The molecule has 0 bridgehead atoms. The predicted molar refractivity (Wildman–Crippen MR) is 122 cm³/mol. The van der Waals surface area contributed by atoms with Crippen LogP contribution < -0.4 is 5.32 Å². The lowest BCUT2D eigenvalue weighted by Gasteiger charge is -2.39. The summed E-state index contributed by atoms with van der Waals surface area (Å²) in [5.41, 5.74) is -2.11. The summed E-state index contributed by atoms with van der Waals surface area (Å²) < 4.78 is 117. The number of hydrogen-bond donors (Lipinski definition) is 1. The first-order valence-electron chi connectivity index (χ1n) is 11.2. The Morgan fingerprint density at radius 1 is 1.03 bits per heavy atom. The highest BCUT2D eigenvalue weighted by molar-refractivity contribution is 7.91. The van der Waals surface area contributed by atoms with Crippen LogP contribution in [0.3, 0.4) is 0 Å². The molecule has 0 saturated carbocycles. The smallest absolute Gasteiger partial charge is 0.338 e. The minimum atomic E-state index is -4.98. The van der Waals surface area contributed by atoms with Crippen molar-refractivity contribution in [3.05, 3.63) is 70.0 Å². The molecule has 1 aliphatic heterocycles. The fourth-order valence-corrected chi connectivity index (χ4v) is 5.52. The second-order valence-corrected chi connectivity index (χ2v) is 11.4. The van der Waals surface area contributed by atoms with E-state index >= 15 is 0 Å². The highest BCUT2D eigenvalue weighted by Gasteiger charge is 2.38. The maximum absolute atomic E-state index is 13.6. The van der Waals surface area contributed by atoms with E-state index in [0.29, 0.717) is 23.3 Å². The summed E-state index contributed by atoms with van der Waals surface area (Å²) in [6.07, 6.45) is -8.98. The quantitative estimate of drug-likeness (QED) is 0.484. The third-order valence-electron chi connectivity index (χ3n) is 6.35. The molecule has 0 aromatic heterocycles. The molecular weight excluding hydrogens is 529 g/mol. The van der Waals surface area contributed by atoms with Crippen molar-refractivity contribution in [2.75, 3.05) is 19.3 Å². The predicted octanol–water partition coefficient (Wildman–Crippen LogP) is 5.67. The van der Waals surface area contributed by atoms with Crippen molar-refractivity contribution >= 4 is 15.9 Å². The lowest BCUT2D eigenvalue weighted by molar-refractivity contribution is -0.143. The number of sulfone groups is 1. The van der Waals surface area contributed by atoms with Gasteiger partial charge in [0.15, 0.2) is 0 Å². The second-order valence-electron chi connectivity index (χ2n) is 9.08. The number of rotatable bonds is 5. The molecule has 2 aromatic rings. The van der Waals surface area contributed by atoms with Gasteiger partial charge >= 0.3 is 18.4 Å². The fraction of sp³-hybridized carbons (Fsp3) is 0.458. The van der Waals surface area contributed by atoms with Gasteiger partial charge in [-0.1, -0.05) is 6.07 Å². The van der Waals surface area contributed by atoms with Crippen LogP contribution in [0.1, 0.15) is 46.7 Å². The summed E-state index contributed by atoms with van der Waals surface area (Å²) in [6.45, 7) is 1.38. The van der Waals surface area contributed by atoms with Gasteiger partial charge in [-0.2, -0.15) is 26.3 Å². The Kier molecular flexibility index (Phi) is 8.16. The molecule has 1 aliphatic rings. The maximum atomic E-state index is 13.6. The van der Waals surface area contributed by atoms with Crippen molar-refractivity contribution in [1.29, 1.82) is 0 Å². The number of nitrogens with one attached hydrogen (secondary N) is 1. The summed E-state index contributed by atoms with van der Waals surface area (Å²) in [7, 11) is -3.44. The van der Waals surface area contributed by atoms with Gasteiger partial charge in [-0.05, 0) is 73.2 Å². The zero-order valence-electron chi connectivity index (χ0n) is 19.9. The third kappa shape index (κ3) is 7.14. The first-order chi connectivity index (χ1) is 17.0. The number of benzene rings is 2. The molecule has 1 saturated heterocycles. The monoisotopic (exact) mass is 554 g/mol. The van der Waals surface area contributed by atoms with Crippen LogP contribution in [0.2, 0.25) is 0 Å². The van der Waals surface area contributed by atoms with E-state index in [0.717, 1.165) is 6.26 Å². The van der Waals surface area contributed by atoms with Gasteiger partial charge in [-0.25, -0.2) is 17.6 Å². The average molecular weight is 555 g/mol. The Bertz CT molecular complexity index is 1230. The first kappa shape index (κ1) is 28.7. The summed E-state index contributed by atoms with van der Waals surface area (Å²) in [5, 5.41) is 1.76. The SMILES string of the molecule is Cc1cc(F)ccc1[C@H]1C[C@@H](S(C)(=O)=O)CCN1C(=O)NCCc1cc(C(F)(F)F)cc(C(F)(F)F)c1. The number of nitrogens with zero attached hydrogens (tertiary/aromatic N) is 1. The molecule has 204 valence electrons. The Morgan fingerprint density at radius 3 is 2.14 bits per heavy atom. The second kappa shape index (κ2) is 10.5. The van der Waals surface area contributed by atoms with Crippen LogP contribution in [0, 0.1) is 12.7 Å². The standard InChI is InChI=1S/C24H25F7N2O3S/c1-14-9-18(25)3-4-20(14)21-13-19(37(2,35)36)6-8-33(21)22(34)32-7-5-15-10-16(23(26,27)28)12-17(11-15)24(29,30)31/h3-4,9-12,19,21H,5-8,13H2,1-2H3,(H,32,34)/t19-,21+/m0/s1. The van der Waals surface area contributed by atoms with Gasteiger partial charge in [0, 0.05) is 19.3 Å². The van der Waals surface area contributed by atoms with Crippen molar-refractivity contribution in [3.8, 4) is 0 Å². The Labute approximate surface area is 209 Å². The number of carbonyl (C=O) groups is 1. The first-order valence-corrected chi connectivity index (χ1v) is 13.2. The number of amides is 2. The minimum absolute atomic E-state index is 0.0314. The maximum Gasteiger partial charge on any atom is 0.416 e. The van der Waals surface area contributed by atoms with Gasteiger partial charge in [-0.3, -0.25) is 0 Å². The van der Waals surface area contributed by atoms with E-state index in [1.165, 1.54) is 23.1 Å². The molecule has 1 fully saturated rings. The van der Waals surface area contributed by atoms with Crippen molar-refractivity contribution in [3.63, 3.8) is 0 Å². The number of likely N-dealkylation sites (tertiary alicyclic amines) is 1. The van der Waals surface area contributed by atoms with Gasteiger partial charge in [0.25, 0.3) is 0 Å². The van der Waals surface area contributed by atoms with E-state index in [1.54, 1.807) is 6.92 Å². The van der Waals surface area contributed by atoms with E-state index in [9.17, 15) is 43.9 Å². The largest absolute Gasteiger partial charge is 0.416 e. The Morgan fingerprint density at radius 2 is 1.62 bits per heavy atom. The van der Waals surface area contributed by atoms with Crippen LogP contribution in [0.25, 0.3) is 0 Å². The zero-order chi connectivity index (χ0) is 27.8. The summed E-state index contributed by atoms with van der Waals surface area (Å²) in [6, 6.07) is 3.75. The number of piperidine rings is 1. The van der Waals surface area contributed by atoms with Crippen LogP contribution in [-0.4, -0.2) is 43.9 Å². The van der Waals surface area contributed by atoms with Crippen LogP contribution >= 0.6 is 0 Å². The van der Waals surface area contributed by atoms with Crippen LogP contribution in [0.15, 0.2) is 36.4 Å². The molecule has 0 radical (unpaired) electrons. The number of alkyl halides is 6. The average Bonchev–Trinajstić information content (AvgIpc) is 2.76. The number of halogens is 7. The normalized spacial score (nSPS) is 19.1. The van der Waals surface area contributed by atoms with Crippen molar-refractivity contribution in [2.24, 2.45) is 0 Å². The van der Waals surface area contributed by atoms with Crippen LogP contribution in [0.4, 0.5) is 35.5 Å². The summed E-state index contributed by atoms with van der Waals surface area (Å²) >= 11 is 0. The molecule has 2 atom stereocenters. The highest BCUT2D eigenvalue weighted by Crippen LogP contribution is 2.37. The molecule has 3 rings (SSSR count). The van der Waals surface area contributed by atoms with Crippen molar-refractivity contribution < 1.29 is 43.9 Å². The minimum Gasteiger partial charge on any atom is -0.338 e. The molecule has 2 amide bonds. The lowest BCUT2D eigenvalue weighted by Crippen LogP contribution is -2.49. The molecule has 0 aliphatic carbocycles. The van der Waals surface area contributed by atoms with Gasteiger partial charge < -0.3 is 10.2 Å². The molecule has 5 nitrogen and oxygen atoms in total. The molecular formula is C24H25F7N2O3S. The molecule has 1 heterocycles. The van der Waals surface area contributed by atoms with Gasteiger partial charge in [-0.15, -0.1) is 0 Å². The van der Waals surface area contributed by atoms with Crippen LogP contribution in [-0.2, 0) is 28.6 Å². The molecule has 2 aromatic carbocycles. The Balaban J connectivity index is 1.79. The summed E-state index contributed by atoms with van der Waals surface area (Å²) in [4.78, 5) is 14.3. The van der Waals surface area contributed by atoms with E-state index in [4.69, 9.17) is 0 Å². The van der Waals surface area contributed by atoms with E-state index in [2.05, 4.69) is 5.32 Å². The lowest BCUT2D eigenvalue weighted by atomic mass is 9.92. The van der Waals surface area contributed by atoms with Crippen molar-refractivity contribution in [1.82, 2.24) is 10.2 Å². The van der Waals surface area contributed by atoms with Crippen LogP contribution in [0.5, 0.6) is 0 Å². The van der Waals surface area contributed by atoms with Gasteiger partial charge in [0.2, 0.25) is 0 Å². The highest BCUT2D eigenvalue weighted by atomic mass is 32.2. The topological polar surface area (TPSA) is 66.5 Å². The van der Waals surface area contributed by atoms with Gasteiger partial charge in [0.1, 0.15) is 15.7 Å². The molecule has 37 heavy (non-hydrogen) atoms. The number of carbonyl (C=O) groups excluding carboxylic acids is 1. The molecule has 0 unspecified atom stereocenters. The van der Waals surface area contributed by atoms with E-state index in [1.807, 2.05) is 0 Å². The zero-order valence-corrected chi connectivity index (χ0v) is 20.7. The third-order valence-corrected chi connectivity index (χ3v) is 7.99. The van der Waals surface area contributed by atoms with Gasteiger partial charge in [0.05, 0.1) is 22.4 Å². The molecule has 13 heteroatoms. The number of urea groups is 1. The Hall–Kier alpha value is -2.83. The van der Waals surface area contributed by atoms with Crippen molar-refractivity contribution in [2.45, 2.75) is 49.8 Å². The fourth-order valence-electron chi connectivity index (χ4n) is 4.45. The number of hydrogen-bond acceptors (Lipinski definition) is 3. The number of aryl methyl sites for hydroxylation is 1. The summed E-state index contributed by atoms with van der Waals surface area (Å²) in [5.74, 6) is -0.507. The molecule has 0 spiro atoms. The van der Waals surface area contributed by atoms with E-state index < -0.39 is 56.5 Å². The van der Waals surface area contributed by atoms with E-state index in [-0.39, 0.29) is 44.0 Å².